The third-order valence-electron chi connectivity index (χ3n) is 6.00. The summed E-state index contributed by atoms with van der Waals surface area (Å²) in [5.41, 5.74) is 0. The average molecular weight is 388 g/mol. The molecule has 0 unspecified atom stereocenters. The normalized spacial score (nSPS) is 28.9. The van der Waals surface area contributed by atoms with Crippen molar-refractivity contribution in [3.63, 3.8) is 0 Å². The molecule has 8 nitrogen and oxygen atoms in total. The van der Waals surface area contributed by atoms with Crippen molar-refractivity contribution < 1.29 is 19.1 Å². The van der Waals surface area contributed by atoms with Crippen LogP contribution in [0.15, 0.2) is 18.5 Å². The zero-order chi connectivity index (χ0) is 19.3. The summed E-state index contributed by atoms with van der Waals surface area (Å²) < 4.78 is 11.2. The Morgan fingerprint density at radius 2 is 1.82 bits per heavy atom. The van der Waals surface area contributed by atoms with Gasteiger partial charge in [-0.1, -0.05) is 0 Å². The average Bonchev–Trinajstić information content (AvgIpc) is 3.13. The summed E-state index contributed by atoms with van der Waals surface area (Å²) >= 11 is 0. The number of carbonyl (C=O) groups is 2. The molecule has 4 rings (SSSR count). The highest BCUT2D eigenvalue weighted by molar-refractivity contribution is 5.89. The maximum Gasteiger partial charge on any atom is 0.316 e. The van der Waals surface area contributed by atoms with Crippen molar-refractivity contribution in [1.29, 1.82) is 0 Å². The van der Waals surface area contributed by atoms with Crippen LogP contribution in [-0.2, 0) is 14.3 Å². The van der Waals surface area contributed by atoms with Crippen LogP contribution < -0.4 is 10.1 Å². The van der Waals surface area contributed by atoms with Crippen LogP contribution in [0.3, 0.4) is 0 Å². The number of nitrogens with zero attached hydrogens (tertiary/aromatic N) is 3. The first-order valence-electron chi connectivity index (χ1n) is 10.3. The van der Waals surface area contributed by atoms with Crippen LogP contribution in [0.25, 0.3) is 0 Å². The highest BCUT2D eigenvalue weighted by Gasteiger charge is 2.39. The highest BCUT2D eigenvalue weighted by atomic mass is 16.5. The fraction of sp³-hybridized carbons (Fsp3) is 0.700. The fourth-order valence-corrected chi connectivity index (χ4v) is 4.40. The molecular weight excluding hydrogens is 360 g/mol. The topological polar surface area (TPSA) is 93.7 Å². The predicted molar refractivity (Wildman–Crippen MR) is 101 cm³/mol. The molecule has 3 fully saturated rings. The standard InChI is InChI=1S/C20H28N4O4/c25-18-12-14(13-24(18)16-6-10-27-11-7-16)19(26)23-15-2-4-17(5-3-15)28-20-21-8-1-9-22-20/h1,8-9,14-17H,2-7,10-13H2,(H,23,26)/t14-,15?,17?/m1/s1. The second-order valence-corrected chi connectivity index (χ2v) is 7.92. The van der Waals surface area contributed by atoms with Gasteiger partial charge in [-0.25, -0.2) is 9.97 Å². The van der Waals surface area contributed by atoms with Gasteiger partial charge in [0.15, 0.2) is 0 Å². The van der Waals surface area contributed by atoms with Crippen molar-refractivity contribution in [3.8, 4) is 6.01 Å². The molecule has 2 amide bonds. The Morgan fingerprint density at radius 1 is 1.11 bits per heavy atom. The minimum absolute atomic E-state index is 0.0127. The van der Waals surface area contributed by atoms with Gasteiger partial charge in [-0.3, -0.25) is 9.59 Å². The van der Waals surface area contributed by atoms with Crippen molar-refractivity contribution in [2.24, 2.45) is 5.92 Å². The largest absolute Gasteiger partial charge is 0.460 e. The molecule has 1 atom stereocenters. The molecule has 2 aliphatic heterocycles. The molecule has 1 saturated carbocycles. The van der Waals surface area contributed by atoms with E-state index in [2.05, 4.69) is 15.3 Å². The van der Waals surface area contributed by atoms with Crippen molar-refractivity contribution in [1.82, 2.24) is 20.2 Å². The van der Waals surface area contributed by atoms with E-state index in [4.69, 9.17) is 9.47 Å². The van der Waals surface area contributed by atoms with Crippen LogP contribution in [-0.4, -0.2) is 64.6 Å². The minimum Gasteiger partial charge on any atom is -0.460 e. The van der Waals surface area contributed by atoms with Crippen LogP contribution in [0.2, 0.25) is 0 Å². The van der Waals surface area contributed by atoms with Gasteiger partial charge in [-0.2, -0.15) is 0 Å². The molecule has 8 heteroatoms. The van der Waals surface area contributed by atoms with Crippen molar-refractivity contribution in [3.05, 3.63) is 18.5 Å². The summed E-state index contributed by atoms with van der Waals surface area (Å²) in [6.45, 7) is 1.94. The van der Waals surface area contributed by atoms with Gasteiger partial charge < -0.3 is 19.7 Å². The number of rotatable bonds is 5. The minimum atomic E-state index is -0.234. The van der Waals surface area contributed by atoms with Gasteiger partial charge in [0.1, 0.15) is 6.10 Å². The monoisotopic (exact) mass is 388 g/mol. The van der Waals surface area contributed by atoms with E-state index < -0.39 is 0 Å². The summed E-state index contributed by atoms with van der Waals surface area (Å²) in [6, 6.07) is 2.55. The zero-order valence-corrected chi connectivity index (χ0v) is 16.1. The number of hydrogen-bond acceptors (Lipinski definition) is 6. The number of carbonyl (C=O) groups excluding carboxylic acids is 2. The molecule has 0 spiro atoms. The molecular formula is C20H28N4O4. The smallest absolute Gasteiger partial charge is 0.316 e. The van der Waals surface area contributed by atoms with Gasteiger partial charge in [-0.15, -0.1) is 0 Å². The Morgan fingerprint density at radius 3 is 2.54 bits per heavy atom. The van der Waals surface area contributed by atoms with E-state index >= 15 is 0 Å². The van der Waals surface area contributed by atoms with Crippen LogP contribution in [0, 0.1) is 5.92 Å². The number of nitrogens with one attached hydrogen (secondary N) is 1. The Hall–Kier alpha value is -2.22. The van der Waals surface area contributed by atoms with Gasteiger partial charge >= 0.3 is 6.01 Å². The van der Waals surface area contributed by atoms with Gasteiger partial charge in [-0.05, 0) is 44.6 Å². The molecule has 3 aliphatic rings. The van der Waals surface area contributed by atoms with E-state index in [0.29, 0.717) is 32.2 Å². The van der Waals surface area contributed by atoms with Crippen LogP contribution in [0.4, 0.5) is 0 Å². The molecule has 1 N–H and O–H groups in total. The number of likely N-dealkylation sites (tertiary alicyclic amines) is 1. The van der Waals surface area contributed by atoms with Gasteiger partial charge in [0.25, 0.3) is 0 Å². The molecule has 0 aromatic carbocycles. The summed E-state index contributed by atoms with van der Waals surface area (Å²) in [5.74, 6) is -0.118. The first kappa shape index (κ1) is 19.1. The summed E-state index contributed by atoms with van der Waals surface area (Å²) in [5, 5.41) is 3.16. The molecule has 1 aromatic rings. The first-order chi connectivity index (χ1) is 13.7. The quantitative estimate of drug-likeness (QED) is 0.817. The lowest BCUT2D eigenvalue weighted by molar-refractivity contribution is -0.131. The van der Waals surface area contributed by atoms with E-state index in [-0.39, 0.29) is 35.9 Å². The lowest BCUT2D eigenvalue weighted by Gasteiger charge is -2.31. The number of aromatic nitrogens is 2. The van der Waals surface area contributed by atoms with E-state index in [1.165, 1.54) is 0 Å². The van der Waals surface area contributed by atoms with Crippen molar-refractivity contribution >= 4 is 11.8 Å². The maximum atomic E-state index is 12.7. The number of hydrogen-bond donors (Lipinski definition) is 1. The summed E-state index contributed by atoms with van der Waals surface area (Å²) in [6.07, 6.45) is 8.95. The van der Waals surface area contributed by atoms with Crippen molar-refractivity contribution in [2.75, 3.05) is 19.8 Å². The lowest BCUT2D eigenvalue weighted by atomic mass is 9.92. The Kier molecular flexibility index (Phi) is 6.04. The maximum absolute atomic E-state index is 12.7. The van der Waals surface area contributed by atoms with E-state index in [0.717, 1.165) is 38.5 Å². The molecule has 0 radical (unpaired) electrons. The third-order valence-corrected chi connectivity index (χ3v) is 6.00. The van der Waals surface area contributed by atoms with Crippen LogP contribution in [0.1, 0.15) is 44.9 Å². The van der Waals surface area contributed by atoms with Crippen LogP contribution in [0.5, 0.6) is 6.01 Å². The molecule has 2 saturated heterocycles. The highest BCUT2D eigenvalue weighted by Crippen LogP contribution is 2.26. The SMILES string of the molecule is O=C(NC1CCC(Oc2ncccn2)CC1)[C@@H]1CC(=O)N(C2CCOCC2)C1. The molecule has 1 aromatic heterocycles. The number of ether oxygens (including phenoxy) is 2. The predicted octanol–water partition coefficient (Wildman–Crippen LogP) is 1.31. The van der Waals surface area contributed by atoms with Gasteiger partial charge in [0.2, 0.25) is 11.8 Å². The first-order valence-corrected chi connectivity index (χ1v) is 10.3. The summed E-state index contributed by atoms with van der Waals surface area (Å²) in [4.78, 5) is 35.2. The van der Waals surface area contributed by atoms with E-state index in [1.807, 2.05) is 4.90 Å². The number of amides is 2. The van der Waals surface area contributed by atoms with Gasteiger partial charge in [0.05, 0.1) is 5.92 Å². The van der Waals surface area contributed by atoms with E-state index in [1.54, 1.807) is 18.5 Å². The second-order valence-electron chi connectivity index (χ2n) is 7.92. The lowest BCUT2D eigenvalue weighted by Crippen LogP contribution is -2.44. The molecule has 1 aliphatic carbocycles. The van der Waals surface area contributed by atoms with Crippen LogP contribution >= 0.6 is 0 Å². The van der Waals surface area contributed by atoms with Crippen molar-refractivity contribution in [2.45, 2.75) is 63.1 Å². The molecule has 0 bridgehead atoms. The zero-order valence-electron chi connectivity index (χ0n) is 16.1. The summed E-state index contributed by atoms with van der Waals surface area (Å²) in [7, 11) is 0. The van der Waals surface area contributed by atoms with E-state index in [9.17, 15) is 9.59 Å². The Balaban J connectivity index is 1.22. The van der Waals surface area contributed by atoms with Gasteiger partial charge in [0, 0.05) is 50.7 Å². The second kappa shape index (κ2) is 8.86. The molecule has 152 valence electrons. The molecule has 28 heavy (non-hydrogen) atoms. The molecule has 3 heterocycles. The third kappa shape index (κ3) is 4.60. The Bertz CT molecular complexity index is 672. The fourth-order valence-electron chi connectivity index (χ4n) is 4.40. The Labute approximate surface area is 165 Å².